The Morgan fingerprint density at radius 1 is 1.53 bits per heavy atom. The van der Waals surface area contributed by atoms with Crippen LogP contribution in [-0.2, 0) is 0 Å². The van der Waals surface area contributed by atoms with Crippen LogP contribution in [0.15, 0.2) is 18.2 Å². The van der Waals surface area contributed by atoms with E-state index in [-0.39, 0.29) is 22.2 Å². The van der Waals surface area contributed by atoms with Gasteiger partial charge in [0.05, 0.1) is 10.5 Å². The molecule has 17 heavy (non-hydrogen) atoms. The summed E-state index contributed by atoms with van der Waals surface area (Å²) < 4.78 is 0. The smallest absolute Gasteiger partial charge is 0.288 e. The molecule has 1 N–H and O–H groups in total. The average molecular weight is 257 g/mol. The number of amides is 1. The monoisotopic (exact) mass is 256 g/mol. The van der Waals surface area contributed by atoms with Crippen LogP contribution in [0.2, 0.25) is 5.02 Å². The zero-order valence-electron chi connectivity index (χ0n) is 9.40. The Balaban J connectivity index is 2.87. The standard InChI is InChI=1S/C11H13ClN2O3/c1-2-3-7-13-11(15)8-5-4-6-9(10(8)12)14(16)17/h4-6H,2-3,7H2,1H3,(H,13,15). The van der Waals surface area contributed by atoms with Gasteiger partial charge in [-0.2, -0.15) is 0 Å². The predicted octanol–water partition coefficient (Wildman–Crippen LogP) is 2.78. The van der Waals surface area contributed by atoms with Crippen LogP contribution >= 0.6 is 11.6 Å². The number of carbonyl (C=O) groups excluding carboxylic acids is 1. The molecule has 0 aliphatic rings. The van der Waals surface area contributed by atoms with Crippen LogP contribution in [-0.4, -0.2) is 17.4 Å². The van der Waals surface area contributed by atoms with Crippen molar-refractivity contribution < 1.29 is 9.72 Å². The second kappa shape index (κ2) is 6.20. The van der Waals surface area contributed by atoms with Crippen LogP contribution < -0.4 is 5.32 Å². The molecular formula is C11H13ClN2O3. The molecule has 0 bridgehead atoms. The van der Waals surface area contributed by atoms with Gasteiger partial charge in [0.2, 0.25) is 0 Å². The van der Waals surface area contributed by atoms with Gasteiger partial charge in [-0.25, -0.2) is 0 Å². The molecule has 0 aliphatic carbocycles. The Morgan fingerprint density at radius 3 is 2.82 bits per heavy atom. The lowest BCUT2D eigenvalue weighted by Crippen LogP contribution is -2.24. The van der Waals surface area contributed by atoms with Crippen molar-refractivity contribution in [2.45, 2.75) is 19.8 Å². The zero-order chi connectivity index (χ0) is 12.8. The summed E-state index contributed by atoms with van der Waals surface area (Å²) in [6.45, 7) is 2.54. The highest BCUT2D eigenvalue weighted by Gasteiger charge is 2.19. The van der Waals surface area contributed by atoms with E-state index in [9.17, 15) is 14.9 Å². The van der Waals surface area contributed by atoms with E-state index in [1.54, 1.807) is 0 Å². The van der Waals surface area contributed by atoms with Crippen molar-refractivity contribution in [2.75, 3.05) is 6.54 Å². The summed E-state index contributed by atoms with van der Waals surface area (Å²) in [5, 5.41) is 13.2. The summed E-state index contributed by atoms with van der Waals surface area (Å²) in [6, 6.07) is 4.18. The van der Waals surface area contributed by atoms with E-state index in [2.05, 4.69) is 5.32 Å². The number of nitro groups is 1. The number of unbranched alkanes of at least 4 members (excludes halogenated alkanes) is 1. The number of nitro benzene ring substituents is 1. The SMILES string of the molecule is CCCCNC(=O)c1cccc([N+](=O)[O-])c1Cl. The van der Waals surface area contributed by atoms with Gasteiger partial charge in [0.25, 0.3) is 11.6 Å². The second-order valence-electron chi connectivity index (χ2n) is 3.51. The van der Waals surface area contributed by atoms with E-state index in [1.165, 1.54) is 18.2 Å². The number of carbonyl (C=O) groups is 1. The van der Waals surface area contributed by atoms with Crippen molar-refractivity contribution in [2.24, 2.45) is 0 Å². The quantitative estimate of drug-likeness (QED) is 0.500. The summed E-state index contributed by atoms with van der Waals surface area (Å²) in [4.78, 5) is 21.7. The second-order valence-corrected chi connectivity index (χ2v) is 3.88. The van der Waals surface area contributed by atoms with Crippen LogP contribution in [0.25, 0.3) is 0 Å². The van der Waals surface area contributed by atoms with E-state index in [0.717, 1.165) is 12.8 Å². The normalized spacial score (nSPS) is 10.0. The van der Waals surface area contributed by atoms with Gasteiger partial charge in [-0.15, -0.1) is 0 Å². The van der Waals surface area contributed by atoms with Crippen molar-refractivity contribution in [3.8, 4) is 0 Å². The Kier molecular flexibility index (Phi) is 4.90. The number of hydrogen-bond donors (Lipinski definition) is 1. The van der Waals surface area contributed by atoms with E-state index >= 15 is 0 Å². The minimum atomic E-state index is -0.606. The van der Waals surface area contributed by atoms with Gasteiger partial charge in [0.1, 0.15) is 5.02 Å². The Hall–Kier alpha value is -1.62. The first kappa shape index (κ1) is 13.4. The van der Waals surface area contributed by atoms with Crippen LogP contribution in [0.5, 0.6) is 0 Å². The number of benzene rings is 1. The summed E-state index contributed by atoms with van der Waals surface area (Å²) in [5.74, 6) is -0.382. The molecule has 6 heteroatoms. The number of halogens is 1. The third-order valence-corrected chi connectivity index (χ3v) is 2.63. The largest absolute Gasteiger partial charge is 0.352 e. The molecule has 1 rings (SSSR count). The maximum Gasteiger partial charge on any atom is 0.288 e. The first-order valence-corrected chi connectivity index (χ1v) is 5.66. The summed E-state index contributed by atoms with van der Waals surface area (Å²) in [7, 11) is 0. The Morgan fingerprint density at radius 2 is 2.24 bits per heavy atom. The highest BCUT2D eigenvalue weighted by atomic mass is 35.5. The van der Waals surface area contributed by atoms with Crippen molar-refractivity contribution in [3.05, 3.63) is 38.9 Å². The fourth-order valence-corrected chi connectivity index (χ4v) is 1.59. The van der Waals surface area contributed by atoms with Crippen molar-refractivity contribution in [1.29, 1.82) is 0 Å². The molecule has 0 fully saturated rings. The molecule has 0 unspecified atom stereocenters. The first-order chi connectivity index (χ1) is 8.07. The van der Waals surface area contributed by atoms with Crippen LogP contribution in [0.1, 0.15) is 30.1 Å². The lowest BCUT2D eigenvalue weighted by atomic mass is 10.2. The molecule has 0 spiro atoms. The third-order valence-electron chi connectivity index (χ3n) is 2.24. The Labute approximate surface area is 104 Å². The molecule has 0 aromatic heterocycles. The molecule has 1 aromatic carbocycles. The molecule has 1 aromatic rings. The van der Waals surface area contributed by atoms with Crippen molar-refractivity contribution >= 4 is 23.2 Å². The van der Waals surface area contributed by atoms with Gasteiger partial charge < -0.3 is 5.32 Å². The zero-order valence-corrected chi connectivity index (χ0v) is 10.2. The van der Waals surface area contributed by atoms with Gasteiger partial charge in [0, 0.05) is 12.6 Å². The number of hydrogen-bond acceptors (Lipinski definition) is 3. The lowest BCUT2D eigenvalue weighted by molar-refractivity contribution is -0.384. The maximum atomic E-state index is 11.7. The fourth-order valence-electron chi connectivity index (χ4n) is 1.31. The molecule has 0 radical (unpaired) electrons. The fraction of sp³-hybridized carbons (Fsp3) is 0.364. The Bertz CT molecular complexity index is 435. The van der Waals surface area contributed by atoms with E-state index in [1.807, 2.05) is 6.92 Å². The highest BCUT2D eigenvalue weighted by molar-refractivity contribution is 6.35. The van der Waals surface area contributed by atoms with Gasteiger partial charge >= 0.3 is 0 Å². The van der Waals surface area contributed by atoms with Crippen molar-refractivity contribution in [1.82, 2.24) is 5.32 Å². The van der Waals surface area contributed by atoms with Gasteiger partial charge in [-0.1, -0.05) is 31.0 Å². The summed E-state index contributed by atoms with van der Waals surface area (Å²) in [5.41, 5.74) is -0.119. The molecule has 0 aliphatic heterocycles. The molecule has 1 amide bonds. The van der Waals surface area contributed by atoms with Gasteiger partial charge in [0.15, 0.2) is 0 Å². The maximum absolute atomic E-state index is 11.7. The van der Waals surface area contributed by atoms with Crippen molar-refractivity contribution in [3.63, 3.8) is 0 Å². The van der Waals surface area contributed by atoms with Crippen LogP contribution in [0, 0.1) is 10.1 Å². The lowest BCUT2D eigenvalue weighted by Gasteiger charge is -2.05. The molecular weight excluding hydrogens is 244 g/mol. The average Bonchev–Trinajstić information content (AvgIpc) is 2.29. The van der Waals surface area contributed by atoms with E-state index in [0.29, 0.717) is 6.54 Å². The van der Waals surface area contributed by atoms with E-state index < -0.39 is 4.92 Å². The number of rotatable bonds is 5. The van der Waals surface area contributed by atoms with Crippen LogP contribution in [0.4, 0.5) is 5.69 Å². The topological polar surface area (TPSA) is 72.2 Å². The molecule has 92 valence electrons. The molecule has 5 nitrogen and oxygen atoms in total. The number of nitrogens with zero attached hydrogens (tertiary/aromatic N) is 1. The number of nitrogens with one attached hydrogen (secondary N) is 1. The van der Waals surface area contributed by atoms with E-state index in [4.69, 9.17) is 11.6 Å². The molecule has 0 atom stereocenters. The summed E-state index contributed by atoms with van der Waals surface area (Å²) >= 11 is 5.81. The van der Waals surface area contributed by atoms with Gasteiger partial charge in [-0.3, -0.25) is 14.9 Å². The molecule has 0 saturated carbocycles. The predicted molar refractivity (Wildman–Crippen MR) is 65.3 cm³/mol. The first-order valence-electron chi connectivity index (χ1n) is 5.29. The minimum absolute atomic E-state index is 0.119. The third kappa shape index (κ3) is 3.42. The van der Waals surface area contributed by atoms with Gasteiger partial charge in [-0.05, 0) is 12.5 Å². The molecule has 0 saturated heterocycles. The highest BCUT2D eigenvalue weighted by Crippen LogP contribution is 2.27. The van der Waals surface area contributed by atoms with Crippen LogP contribution in [0.3, 0.4) is 0 Å². The minimum Gasteiger partial charge on any atom is -0.352 e. The molecule has 0 heterocycles. The summed E-state index contributed by atoms with van der Waals surface area (Å²) in [6.07, 6.45) is 1.82.